The molecule has 2 saturated heterocycles. The largest absolute Gasteiger partial charge is 0.362 e. The Balaban J connectivity index is 1.85. The van der Waals surface area contributed by atoms with Crippen LogP contribution in [0, 0.1) is 0 Å². The van der Waals surface area contributed by atoms with Gasteiger partial charge in [0.2, 0.25) is 0 Å². The van der Waals surface area contributed by atoms with Gasteiger partial charge in [0.15, 0.2) is 5.17 Å². The highest BCUT2D eigenvalue weighted by molar-refractivity contribution is 8.13. The Hall–Kier alpha value is -0.260. The lowest BCUT2D eigenvalue weighted by molar-refractivity contribution is 0.119. The SMILES string of the molecule is CC1CCSC(=NCC2CN(C)CCN2C)N1. The van der Waals surface area contributed by atoms with Crippen molar-refractivity contribution in [3.8, 4) is 0 Å². The van der Waals surface area contributed by atoms with E-state index in [2.05, 4.69) is 36.1 Å². The van der Waals surface area contributed by atoms with Crippen molar-refractivity contribution >= 4 is 16.9 Å². The normalized spacial score (nSPS) is 34.9. The smallest absolute Gasteiger partial charge is 0.156 e. The number of aliphatic imine (C=N–C) groups is 1. The first kappa shape index (κ1) is 13.2. The van der Waals surface area contributed by atoms with Crippen molar-refractivity contribution < 1.29 is 0 Å². The molecule has 0 amide bonds. The third kappa shape index (κ3) is 3.86. The second-order valence-electron chi connectivity index (χ2n) is 5.23. The van der Waals surface area contributed by atoms with Gasteiger partial charge in [-0.1, -0.05) is 11.8 Å². The first-order chi connectivity index (χ1) is 8.15. The minimum atomic E-state index is 0.570. The molecular weight excluding hydrogens is 232 g/mol. The summed E-state index contributed by atoms with van der Waals surface area (Å²) in [5, 5.41) is 4.61. The molecule has 2 rings (SSSR count). The van der Waals surface area contributed by atoms with Gasteiger partial charge in [-0.3, -0.25) is 9.89 Å². The number of hydrogen-bond donors (Lipinski definition) is 1. The lowest BCUT2D eigenvalue weighted by Gasteiger charge is -2.37. The van der Waals surface area contributed by atoms with Gasteiger partial charge < -0.3 is 10.2 Å². The van der Waals surface area contributed by atoms with Crippen molar-refractivity contribution in [1.82, 2.24) is 15.1 Å². The summed E-state index contributed by atoms with van der Waals surface area (Å²) in [5.74, 6) is 1.20. The predicted octanol–water partition coefficient (Wildman–Crippen LogP) is 0.703. The average molecular weight is 256 g/mol. The molecule has 0 saturated carbocycles. The molecule has 4 nitrogen and oxygen atoms in total. The average Bonchev–Trinajstić information content (AvgIpc) is 2.30. The number of rotatable bonds is 2. The van der Waals surface area contributed by atoms with Crippen molar-refractivity contribution in [2.45, 2.75) is 25.4 Å². The van der Waals surface area contributed by atoms with E-state index in [9.17, 15) is 0 Å². The lowest BCUT2D eigenvalue weighted by atomic mass is 10.2. The number of nitrogens with one attached hydrogen (secondary N) is 1. The zero-order chi connectivity index (χ0) is 12.3. The fraction of sp³-hybridized carbons (Fsp3) is 0.917. The van der Waals surface area contributed by atoms with Crippen LogP contribution in [-0.4, -0.2) is 73.1 Å². The highest BCUT2D eigenvalue weighted by atomic mass is 32.2. The second-order valence-corrected chi connectivity index (χ2v) is 6.31. The third-order valence-corrected chi connectivity index (χ3v) is 4.55. The predicted molar refractivity (Wildman–Crippen MR) is 75.9 cm³/mol. The number of piperazine rings is 1. The van der Waals surface area contributed by atoms with E-state index in [1.807, 2.05) is 11.8 Å². The maximum absolute atomic E-state index is 4.74. The van der Waals surface area contributed by atoms with Crippen LogP contribution in [0.5, 0.6) is 0 Å². The van der Waals surface area contributed by atoms with Gasteiger partial charge in [-0.05, 0) is 27.4 Å². The quantitative estimate of drug-likeness (QED) is 0.788. The van der Waals surface area contributed by atoms with Crippen LogP contribution in [0.15, 0.2) is 4.99 Å². The van der Waals surface area contributed by atoms with Crippen LogP contribution < -0.4 is 5.32 Å². The molecule has 17 heavy (non-hydrogen) atoms. The number of nitrogens with zero attached hydrogens (tertiary/aromatic N) is 3. The van der Waals surface area contributed by atoms with Crippen LogP contribution in [0.3, 0.4) is 0 Å². The van der Waals surface area contributed by atoms with Crippen molar-refractivity contribution in [3.63, 3.8) is 0 Å². The topological polar surface area (TPSA) is 30.9 Å². The van der Waals surface area contributed by atoms with Gasteiger partial charge in [-0.25, -0.2) is 0 Å². The Labute approximate surface area is 109 Å². The Morgan fingerprint density at radius 2 is 2.24 bits per heavy atom. The van der Waals surface area contributed by atoms with Crippen LogP contribution in [0.4, 0.5) is 0 Å². The van der Waals surface area contributed by atoms with Gasteiger partial charge >= 0.3 is 0 Å². The van der Waals surface area contributed by atoms with E-state index in [4.69, 9.17) is 4.99 Å². The molecule has 5 heteroatoms. The van der Waals surface area contributed by atoms with E-state index < -0.39 is 0 Å². The molecule has 2 aliphatic heterocycles. The van der Waals surface area contributed by atoms with E-state index in [0.29, 0.717) is 12.1 Å². The number of hydrogen-bond acceptors (Lipinski definition) is 4. The zero-order valence-electron chi connectivity index (χ0n) is 11.1. The molecule has 0 aromatic rings. The van der Waals surface area contributed by atoms with Crippen molar-refractivity contribution in [2.24, 2.45) is 4.99 Å². The first-order valence-electron chi connectivity index (χ1n) is 6.47. The lowest BCUT2D eigenvalue weighted by Crippen LogP contribution is -2.51. The summed E-state index contributed by atoms with van der Waals surface area (Å²) in [6, 6.07) is 1.16. The summed E-state index contributed by atoms with van der Waals surface area (Å²) in [4.78, 5) is 9.57. The van der Waals surface area contributed by atoms with Gasteiger partial charge in [0.1, 0.15) is 0 Å². The van der Waals surface area contributed by atoms with Crippen molar-refractivity contribution in [3.05, 3.63) is 0 Å². The maximum Gasteiger partial charge on any atom is 0.156 e. The summed E-state index contributed by atoms with van der Waals surface area (Å²) in [6.45, 7) is 6.61. The molecule has 2 fully saturated rings. The molecule has 0 radical (unpaired) electrons. The summed E-state index contributed by atoms with van der Waals surface area (Å²) in [6.07, 6.45) is 1.25. The third-order valence-electron chi connectivity index (χ3n) is 3.59. The van der Waals surface area contributed by atoms with E-state index in [1.165, 1.54) is 18.7 Å². The fourth-order valence-electron chi connectivity index (χ4n) is 2.24. The van der Waals surface area contributed by atoms with Gasteiger partial charge in [-0.15, -0.1) is 0 Å². The maximum atomic E-state index is 4.74. The van der Waals surface area contributed by atoms with E-state index >= 15 is 0 Å². The standard InChI is InChI=1S/C12H24N4S/c1-10-4-7-17-12(14-10)13-8-11-9-15(2)5-6-16(11)3/h10-11H,4-9H2,1-3H3,(H,13,14). The highest BCUT2D eigenvalue weighted by Gasteiger charge is 2.22. The molecular formula is C12H24N4S. The highest BCUT2D eigenvalue weighted by Crippen LogP contribution is 2.14. The summed E-state index contributed by atoms with van der Waals surface area (Å²) in [5.41, 5.74) is 0. The summed E-state index contributed by atoms with van der Waals surface area (Å²) < 4.78 is 0. The summed E-state index contributed by atoms with van der Waals surface area (Å²) in [7, 11) is 4.41. The molecule has 1 N–H and O–H groups in total. The number of likely N-dealkylation sites (N-methyl/N-ethyl adjacent to an activating group) is 2. The molecule has 98 valence electrons. The fourth-order valence-corrected chi connectivity index (χ4v) is 3.35. The van der Waals surface area contributed by atoms with Gasteiger partial charge in [0.05, 0.1) is 6.54 Å². The molecule has 2 atom stereocenters. The molecule has 0 aromatic carbocycles. The Morgan fingerprint density at radius 1 is 1.41 bits per heavy atom. The monoisotopic (exact) mass is 256 g/mol. The van der Waals surface area contributed by atoms with E-state index in [-0.39, 0.29) is 0 Å². The Kier molecular flexibility index (Phi) is 4.70. The molecule has 0 aliphatic carbocycles. The van der Waals surface area contributed by atoms with Crippen LogP contribution in [0.25, 0.3) is 0 Å². The van der Waals surface area contributed by atoms with Crippen molar-refractivity contribution in [2.75, 3.05) is 46.0 Å². The number of thioether (sulfide) groups is 1. The molecule has 2 aliphatic rings. The van der Waals surface area contributed by atoms with Gasteiger partial charge in [0.25, 0.3) is 0 Å². The zero-order valence-corrected chi connectivity index (χ0v) is 12.0. The molecule has 0 spiro atoms. The van der Waals surface area contributed by atoms with E-state index in [1.54, 1.807) is 0 Å². The van der Waals surface area contributed by atoms with Gasteiger partial charge in [0, 0.05) is 37.5 Å². The molecule has 0 aromatic heterocycles. The van der Waals surface area contributed by atoms with Crippen LogP contribution >= 0.6 is 11.8 Å². The van der Waals surface area contributed by atoms with Crippen LogP contribution in [0.2, 0.25) is 0 Å². The van der Waals surface area contributed by atoms with E-state index in [0.717, 1.165) is 24.8 Å². The number of amidine groups is 1. The summed E-state index contributed by atoms with van der Waals surface area (Å²) >= 11 is 1.86. The van der Waals surface area contributed by atoms with Gasteiger partial charge in [-0.2, -0.15) is 0 Å². The van der Waals surface area contributed by atoms with Crippen LogP contribution in [-0.2, 0) is 0 Å². The molecule has 2 unspecified atom stereocenters. The second kappa shape index (κ2) is 6.07. The Bertz CT molecular complexity index is 282. The van der Waals surface area contributed by atoms with Crippen LogP contribution in [0.1, 0.15) is 13.3 Å². The minimum Gasteiger partial charge on any atom is -0.362 e. The molecule has 2 heterocycles. The Morgan fingerprint density at radius 3 is 3.00 bits per heavy atom. The first-order valence-corrected chi connectivity index (χ1v) is 7.46. The van der Waals surface area contributed by atoms with Crippen molar-refractivity contribution in [1.29, 1.82) is 0 Å². The molecule has 0 bridgehead atoms. The minimum absolute atomic E-state index is 0.570.